The Morgan fingerprint density at radius 3 is 2.42 bits per heavy atom. The van der Waals surface area contributed by atoms with Crippen molar-refractivity contribution in [1.29, 1.82) is 0 Å². The smallest absolute Gasteiger partial charge is 0.209 e. The molecule has 0 heterocycles. The molecule has 1 unspecified atom stereocenters. The third-order valence-corrected chi connectivity index (χ3v) is 2.27. The molecule has 0 saturated carbocycles. The van der Waals surface area contributed by atoms with Crippen LogP contribution in [0.2, 0.25) is 0 Å². The van der Waals surface area contributed by atoms with Gasteiger partial charge in [-0.3, -0.25) is 0 Å². The van der Waals surface area contributed by atoms with Gasteiger partial charge in [-0.2, -0.15) is 0 Å². The fourth-order valence-electron chi connectivity index (χ4n) is 0.806. The van der Waals surface area contributed by atoms with Gasteiger partial charge >= 0.3 is 0 Å². The normalized spacial score (nSPS) is 14.2. The molecule has 0 saturated heterocycles. The lowest BCUT2D eigenvalue weighted by molar-refractivity contribution is 0.573. The summed E-state index contributed by atoms with van der Waals surface area (Å²) in [4.78, 5) is 0.197. The van der Waals surface area contributed by atoms with Crippen molar-refractivity contribution in [3.8, 4) is 0 Å². The van der Waals surface area contributed by atoms with Crippen LogP contribution in [0.4, 0.5) is 0 Å². The Bertz CT molecular complexity index is 248. The maximum atomic E-state index is 10.8. The van der Waals surface area contributed by atoms with Gasteiger partial charge < -0.3 is 5.73 Å². The third kappa shape index (κ3) is 5.45. The van der Waals surface area contributed by atoms with Crippen LogP contribution in [-0.4, -0.2) is 25.7 Å². The van der Waals surface area contributed by atoms with Crippen molar-refractivity contribution in [2.75, 3.05) is 6.26 Å². The van der Waals surface area contributed by atoms with E-state index in [1.807, 2.05) is 6.92 Å². The number of nitrogens with one attached hydrogen (secondary N) is 1. The molecule has 0 aliphatic rings. The molecule has 0 aliphatic heterocycles. The maximum Gasteiger partial charge on any atom is 0.209 e. The second kappa shape index (κ2) is 4.74. The van der Waals surface area contributed by atoms with Crippen LogP contribution in [0, 0.1) is 0 Å². The van der Waals surface area contributed by atoms with E-state index >= 15 is 0 Å². The SMILES string of the molecule is CCCC(NS(C)(=O)=O)C(N)=S. The fourth-order valence-corrected chi connectivity index (χ4v) is 1.82. The summed E-state index contributed by atoms with van der Waals surface area (Å²) in [6.45, 7) is 1.94. The average molecular weight is 210 g/mol. The molecule has 4 nitrogen and oxygen atoms in total. The fraction of sp³-hybridized carbons (Fsp3) is 0.833. The Morgan fingerprint density at radius 1 is 1.67 bits per heavy atom. The van der Waals surface area contributed by atoms with Crippen LogP contribution in [-0.2, 0) is 10.0 Å². The molecule has 0 aromatic rings. The molecule has 0 aromatic carbocycles. The van der Waals surface area contributed by atoms with E-state index in [0.717, 1.165) is 12.7 Å². The molecule has 3 N–H and O–H groups in total. The molecule has 0 bridgehead atoms. The van der Waals surface area contributed by atoms with Crippen molar-refractivity contribution in [2.24, 2.45) is 5.73 Å². The number of hydrogen-bond donors (Lipinski definition) is 2. The van der Waals surface area contributed by atoms with Crippen LogP contribution in [0.3, 0.4) is 0 Å². The van der Waals surface area contributed by atoms with Gasteiger partial charge in [-0.1, -0.05) is 25.6 Å². The summed E-state index contributed by atoms with van der Waals surface area (Å²) in [6, 6.07) is -0.403. The molecule has 0 rings (SSSR count). The van der Waals surface area contributed by atoms with Gasteiger partial charge in [0.15, 0.2) is 0 Å². The minimum atomic E-state index is -3.21. The topological polar surface area (TPSA) is 72.2 Å². The lowest BCUT2D eigenvalue weighted by Crippen LogP contribution is -2.42. The van der Waals surface area contributed by atoms with Crippen molar-refractivity contribution < 1.29 is 8.42 Å². The molecular weight excluding hydrogens is 196 g/mol. The van der Waals surface area contributed by atoms with Gasteiger partial charge in [0.2, 0.25) is 10.0 Å². The summed E-state index contributed by atoms with van der Waals surface area (Å²) in [5.41, 5.74) is 5.33. The monoisotopic (exact) mass is 210 g/mol. The first-order valence-electron chi connectivity index (χ1n) is 3.63. The number of rotatable bonds is 5. The molecule has 12 heavy (non-hydrogen) atoms. The van der Waals surface area contributed by atoms with Crippen molar-refractivity contribution >= 4 is 27.2 Å². The van der Waals surface area contributed by atoms with E-state index in [9.17, 15) is 8.42 Å². The summed E-state index contributed by atoms with van der Waals surface area (Å²) in [5.74, 6) is 0. The Labute approximate surface area is 78.6 Å². The van der Waals surface area contributed by atoms with Crippen LogP contribution < -0.4 is 10.5 Å². The number of hydrogen-bond acceptors (Lipinski definition) is 3. The van der Waals surface area contributed by atoms with E-state index in [1.165, 1.54) is 0 Å². The highest BCUT2D eigenvalue weighted by atomic mass is 32.2. The lowest BCUT2D eigenvalue weighted by Gasteiger charge is -2.14. The van der Waals surface area contributed by atoms with Crippen molar-refractivity contribution in [3.05, 3.63) is 0 Å². The zero-order chi connectivity index (χ0) is 9.78. The van der Waals surface area contributed by atoms with Crippen molar-refractivity contribution in [2.45, 2.75) is 25.8 Å². The maximum absolute atomic E-state index is 10.8. The molecule has 0 spiro atoms. The number of thiocarbonyl (C=S) groups is 1. The van der Waals surface area contributed by atoms with Gasteiger partial charge in [-0.15, -0.1) is 0 Å². The minimum absolute atomic E-state index is 0.197. The summed E-state index contributed by atoms with van der Waals surface area (Å²) in [6.07, 6.45) is 2.57. The van der Waals surface area contributed by atoms with E-state index in [2.05, 4.69) is 4.72 Å². The Kier molecular flexibility index (Phi) is 4.66. The van der Waals surface area contributed by atoms with Crippen LogP contribution in [0.25, 0.3) is 0 Å². The van der Waals surface area contributed by atoms with Gasteiger partial charge in [-0.25, -0.2) is 13.1 Å². The molecule has 6 heteroatoms. The first kappa shape index (κ1) is 11.8. The average Bonchev–Trinajstić information content (AvgIpc) is 1.83. The Hall–Kier alpha value is -0.200. The largest absolute Gasteiger partial charge is 0.392 e. The van der Waals surface area contributed by atoms with Crippen molar-refractivity contribution in [3.63, 3.8) is 0 Å². The Morgan fingerprint density at radius 2 is 2.17 bits per heavy atom. The first-order chi connectivity index (χ1) is 5.37. The lowest BCUT2D eigenvalue weighted by atomic mass is 10.2. The van der Waals surface area contributed by atoms with Gasteiger partial charge in [0.05, 0.1) is 17.3 Å². The molecule has 0 radical (unpaired) electrons. The molecule has 0 fully saturated rings. The van der Waals surface area contributed by atoms with Crippen LogP contribution >= 0.6 is 12.2 Å². The second-order valence-electron chi connectivity index (χ2n) is 2.63. The highest BCUT2D eigenvalue weighted by Crippen LogP contribution is 1.98. The summed E-state index contributed by atoms with van der Waals surface area (Å²) in [5, 5.41) is 0. The van der Waals surface area contributed by atoms with E-state index in [1.54, 1.807) is 0 Å². The molecule has 0 aliphatic carbocycles. The van der Waals surface area contributed by atoms with Gasteiger partial charge in [-0.05, 0) is 6.42 Å². The second-order valence-corrected chi connectivity index (χ2v) is 4.89. The quantitative estimate of drug-likeness (QED) is 0.626. The van der Waals surface area contributed by atoms with E-state index in [-0.39, 0.29) is 4.99 Å². The predicted molar refractivity (Wildman–Crippen MR) is 53.5 cm³/mol. The van der Waals surface area contributed by atoms with Crippen LogP contribution in [0.5, 0.6) is 0 Å². The van der Waals surface area contributed by atoms with Crippen LogP contribution in [0.1, 0.15) is 19.8 Å². The molecule has 1 atom stereocenters. The first-order valence-corrected chi connectivity index (χ1v) is 5.93. The Balaban J connectivity index is 4.24. The summed E-state index contributed by atoms with van der Waals surface area (Å²) < 4.78 is 24.0. The highest BCUT2D eigenvalue weighted by molar-refractivity contribution is 7.88. The summed E-state index contributed by atoms with van der Waals surface area (Å²) in [7, 11) is -3.21. The number of nitrogens with two attached hydrogens (primary N) is 1. The molecular formula is C6H14N2O2S2. The predicted octanol–water partition coefficient (Wildman–Crippen LogP) is -0.00960. The third-order valence-electron chi connectivity index (χ3n) is 1.28. The highest BCUT2D eigenvalue weighted by Gasteiger charge is 2.14. The van der Waals surface area contributed by atoms with Gasteiger partial charge in [0.25, 0.3) is 0 Å². The van der Waals surface area contributed by atoms with Gasteiger partial charge in [0, 0.05) is 0 Å². The minimum Gasteiger partial charge on any atom is -0.392 e. The zero-order valence-electron chi connectivity index (χ0n) is 7.20. The summed E-state index contributed by atoms with van der Waals surface area (Å²) >= 11 is 4.70. The zero-order valence-corrected chi connectivity index (χ0v) is 8.83. The molecule has 0 amide bonds. The van der Waals surface area contributed by atoms with Gasteiger partial charge in [0.1, 0.15) is 0 Å². The molecule has 0 aromatic heterocycles. The van der Waals surface area contributed by atoms with E-state index < -0.39 is 16.1 Å². The molecule has 72 valence electrons. The van der Waals surface area contributed by atoms with Crippen LogP contribution in [0.15, 0.2) is 0 Å². The van der Waals surface area contributed by atoms with Crippen molar-refractivity contribution in [1.82, 2.24) is 4.72 Å². The standard InChI is InChI=1S/C6H14N2O2S2/c1-3-4-5(6(7)11)8-12(2,9)10/h5,8H,3-4H2,1-2H3,(H2,7,11). The van der Waals surface area contributed by atoms with E-state index in [4.69, 9.17) is 18.0 Å². The van der Waals surface area contributed by atoms with E-state index in [0.29, 0.717) is 6.42 Å². The number of sulfonamides is 1.